The van der Waals surface area contributed by atoms with Crippen LogP contribution in [0.1, 0.15) is 11.3 Å². The largest absolute Gasteiger partial charge is 0.339 e. The minimum Gasteiger partial charge on any atom is -0.339 e. The minimum atomic E-state index is 0.830. The minimum absolute atomic E-state index is 0.830. The number of halogens is 1. The molecule has 2 rings (SSSR count). The van der Waals surface area contributed by atoms with E-state index >= 15 is 0 Å². The number of nitrogens with zero attached hydrogens (tertiary/aromatic N) is 2. The second kappa shape index (κ2) is 4.61. The Balaban J connectivity index is 2.28. The molecule has 1 N–H and O–H groups in total. The Kier molecular flexibility index (Phi) is 3.19. The molecule has 2 heterocycles. The van der Waals surface area contributed by atoms with Crippen LogP contribution in [0, 0.1) is 13.8 Å². The Labute approximate surface area is 103 Å². The third-order valence-corrected chi connectivity index (χ3v) is 3.15. The maximum Gasteiger partial charge on any atom is 0.130 e. The lowest BCUT2D eigenvalue weighted by Gasteiger charge is -2.08. The van der Waals surface area contributed by atoms with Gasteiger partial charge in [-0.1, -0.05) is 0 Å². The van der Waals surface area contributed by atoms with Gasteiger partial charge in [0.1, 0.15) is 5.82 Å². The van der Waals surface area contributed by atoms with Gasteiger partial charge in [-0.25, -0.2) is 4.98 Å². The Morgan fingerprint density at radius 3 is 2.75 bits per heavy atom. The number of nitrogens with one attached hydrogen (secondary N) is 1. The van der Waals surface area contributed by atoms with Crippen molar-refractivity contribution in [1.29, 1.82) is 0 Å². The van der Waals surface area contributed by atoms with E-state index in [-0.39, 0.29) is 0 Å². The van der Waals surface area contributed by atoms with Crippen LogP contribution in [-0.2, 0) is 0 Å². The van der Waals surface area contributed by atoms with Gasteiger partial charge in [-0.2, -0.15) is 0 Å². The van der Waals surface area contributed by atoms with E-state index in [0.29, 0.717) is 0 Å². The number of pyridine rings is 2. The fraction of sp³-hybridized carbons (Fsp3) is 0.167. The van der Waals surface area contributed by atoms with Crippen LogP contribution in [-0.4, -0.2) is 9.97 Å². The molecular weight excluding hydrogens is 266 g/mol. The molecule has 0 spiro atoms. The number of hydrogen-bond acceptors (Lipinski definition) is 3. The van der Waals surface area contributed by atoms with Crippen molar-refractivity contribution in [3.05, 3.63) is 46.3 Å². The van der Waals surface area contributed by atoms with Gasteiger partial charge in [-0.3, -0.25) is 4.98 Å². The maximum absolute atomic E-state index is 4.29. The van der Waals surface area contributed by atoms with Gasteiger partial charge in [-0.15, -0.1) is 0 Å². The summed E-state index contributed by atoms with van der Waals surface area (Å²) < 4.78 is 1.01. The van der Waals surface area contributed by atoms with Crippen LogP contribution in [0.3, 0.4) is 0 Å². The molecule has 4 heteroatoms. The molecule has 0 fully saturated rings. The first-order chi connectivity index (χ1) is 7.66. The Morgan fingerprint density at radius 1 is 1.25 bits per heavy atom. The van der Waals surface area contributed by atoms with E-state index in [4.69, 9.17) is 0 Å². The molecule has 0 aliphatic heterocycles. The molecule has 0 aliphatic rings. The van der Waals surface area contributed by atoms with Crippen LogP contribution in [0.15, 0.2) is 35.1 Å². The Hall–Kier alpha value is -1.42. The van der Waals surface area contributed by atoms with Gasteiger partial charge in [0.25, 0.3) is 0 Å². The second-order valence-corrected chi connectivity index (χ2v) is 4.43. The van der Waals surface area contributed by atoms with Gasteiger partial charge in [0.05, 0.1) is 11.4 Å². The van der Waals surface area contributed by atoms with Crippen LogP contribution >= 0.6 is 15.9 Å². The fourth-order valence-corrected chi connectivity index (χ4v) is 1.58. The molecule has 16 heavy (non-hydrogen) atoms. The van der Waals surface area contributed by atoms with Crippen molar-refractivity contribution >= 4 is 27.4 Å². The highest BCUT2D eigenvalue weighted by Gasteiger charge is 2.01. The summed E-state index contributed by atoms with van der Waals surface area (Å²) >= 11 is 3.43. The van der Waals surface area contributed by atoms with E-state index in [2.05, 4.69) is 31.2 Å². The van der Waals surface area contributed by atoms with Crippen molar-refractivity contribution in [3.63, 3.8) is 0 Å². The van der Waals surface area contributed by atoms with Gasteiger partial charge in [0, 0.05) is 16.9 Å². The summed E-state index contributed by atoms with van der Waals surface area (Å²) in [5.41, 5.74) is 3.10. The topological polar surface area (TPSA) is 37.8 Å². The van der Waals surface area contributed by atoms with Crippen LogP contribution < -0.4 is 5.32 Å². The van der Waals surface area contributed by atoms with E-state index < -0.39 is 0 Å². The molecule has 0 aliphatic carbocycles. The quantitative estimate of drug-likeness (QED) is 0.912. The highest BCUT2D eigenvalue weighted by Crippen LogP contribution is 2.21. The highest BCUT2D eigenvalue weighted by molar-refractivity contribution is 9.10. The van der Waals surface area contributed by atoms with Gasteiger partial charge in [0.15, 0.2) is 0 Å². The summed E-state index contributed by atoms with van der Waals surface area (Å²) in [7, 11) is 0. The zero-order valence-corrected chi connectivity index (χ0v) is 10.7. The molecule has 0 unspecified atom stereocenters. The van der Waals surface area contributed by atoms with Crippen molar-refractivity contribution in [1.82, 2.24) is 9.97 Å². The van der Waals surface area contributed by atoms with Crippen LogP contribution in [0.5, 0.6) is 0 Å². The molecular formula is C12H12BrN3. The molecule has 3 nitrogen and oxygen atoms in total. The normalized spacial score (nSPS) is 10.2. The van der Waals surface area contributed by atoms with E-state index in [1.807, 2.05) is 32.0 Å². The van der Waals surface area contributed by atoms with Crippen molar-refractivity contribution in [2.75, 3.05) is 5.32 Å². The lowest BCUT2D eigenvalue weighted by Crippen LogP contribution is -1.97. The molecule has 0 radical (unpaired) electrons. The van der Waals surface area contributed by atoms with Crippen LogP contribution in [0.4, 0.5) is 11.5 Å². The first-order valence-electron chi connectivity index (χ1n) is 4.97. The highest BCUT2D eigenvalue weighted by atomic mass is 79.9. The Bertz CT molecular complexity index is 511. The first-order valence-corrected chi connectivity index (χ1v) is 5.77. The van der Waals surface area contributed by atoms with Gasteiger partial charge in [-0.05, 0) is 53.5 Å². The number of aryl methyl sites for hydroxylation is 2. The van der Waals surface area contributed by atoms with E-state index in [1.165, 1.54) is 0 Å². The number of aromatic nitrogens is 2. The molecule has 0 bridgehead atoms. The fourth-order valence-electron chi connectivity index (χ4n) is 1.36. The maximum atomic E-state index is 4.29. The van der Waals surface area contributed by atoms with Gasteiger partial charge >= 0.3 is 0 Å². The standard InChI is InChI=1S/C12H12BrN3/c1-8-6-12(15-7-10(8)13)16-11-4-3-5-14-9(11)2/h3-7H,1-2H3,(H,15,16). The number of anilines is 2. The van der Waals surface area contributed by atoms with E-state index in [1.54, 1.807) is 12.4 Å². The molecule has 0 saturated heterocycles. The number of rotatable bonds is 2. The SMILES string of the molecule is Cc1cc(Nc2cccnc2C)ncc1Br. The van der Waals surface area contributed by atoms with Crippen molar-refractivity contribution in [2.24, 2.45) is 0 Å². The summed E-state index contributed by atoms with van der Waals surface area (Å²) in [6.45, 7) is 4.00. The van der Waals surface area contributed by atoms with Gasteiger partial charge in [0.2, 0.25) is 0 Å². The molecule has 0 saturated carbocycles. The van der Waals surface area contributed by atoms with Gasteiger partial charge < -0.3 is 5.32 Å². The van der Waals surface area contributed by atoms with Crippen molar-refractivity contribution in [3.8, 4) is 0 Å². The predicted molar refractivity (Wildman–Crippen MR) is 68.9 cm³/mol. The second-order valence-electron chi connectivity index (χ2n) is 3.58. The molecule has 0 amide bonds. The zero-order chi connectivity index (χ0) is 11.5. The third-order valence-electron chi connectivity index (χ3n) is 2.32. The average molecular weight is 278 g/mol. The Morgan fingerprint density at radius 2 is 2.06 bits per heavy atom. The monoisotopic (exact) mass is 277 g/mol. The van der Waals surface area contributed by atoms with Crippen molar-refractivity contribution in [2.45, 2.75) is 13.8 Å². The summed E-state index contributed by atoms with van der Waals surface area (Å²) in [4.78, 5) is 8.51. The lowest BCUT2D eigenvalue weighted by atomic mass is 10.3. The third kappa shape index (κ3) is 2.39. The molecule has 82 valence electrons. The van der Waals surface area contributed by atoms with E-state index in [9.17, 15) is 0 Å². The van der Waals surface area contributed by atoms with Crippen molar-refractivity contribution < 1.29 is 0 Å². The number of hydrogen-bond donors (Lipinski definition) is 1. The average Bonchev–Trinajstić information content (AvgIpc) is 2.27. The molecule has 2 aromatic heterocycles. The smallest absolute Gasteiger partial charge is 0.130 e. The first kappa shape index (κ1) is 11.1. The predicted octanol–water partition coefficient (Wildman–Crippen LogP) is 3.60. The van der Waals surface area contributed by atoms with E-state index in [0.717, 1.165) is 27.2 Å². The lowest BCUT2D eigenvalue weighted by molar-refractivity contribution is 1.18. The molecule has 2 aromatic rings. The zero-order valence-electron chi connectivity index (χ0n) is 9.16. The summed E-state index contributed by atoms with van der Waals surface area (Å²) in [5, 5.41) is 3.25. The van der Waals surface area contributed by atoms with Crippen LogP contribution in [0.2, 0.25) is 0 Å². The summed E-state index contributed by atoms with van der Waals surface area (Å²) in [6.07, 6.45) is 3.57. The summed E-state index contributed by atoms with van der Waals surface area (Å²) in [6, 6.07) is 5.89. The molecule has 0 atom stereocenters. The molecule has 0 aromatic carbocycles. The van der Waals surface area contributed by atoms with Crippen LogP contribution in [0.25, 0.3) is 0 Å². The summed E-state index contributed by atoms with van der Waals surface area (Å²) in [5.74, 6) is 0.830.